The normalized spacial score (nSPS) is 12.2. The molecule has 0 aliphatic carbocycles. The van der Waals surface area contributed by atoms with Gasteiger partial charge in [0.25, 0.3) is 0 Å². The quantitative estimate of drug-likeness (QED) is 0.595. The highest BCUT2D eigenvalue weighted by molar-refractivity contribution is 6.32. The van der Waals surface area contributed by atoms with Gasteiger partial charge in [-0.25, -0.2) is 0 Å². The largest absolute Gasteiger partial charge is 0.380 e. The summed E-state index contributed by atoms with van der Waals surface area (Å²) in [5.74, 6) is -1.28. The first-order valence-corrected chi connectivity index (χ1v) is 3.32. The van der Waals surface area contributed by atoms with E-state index in [-0.39, 0.29) is 12.3 Å². The molecule has 0 rings (SSSR count). The average molecular weight is 171 g/mol. The SMILES string of the molecule is CC(C)CC(=O)C(F)(F)Cl. The molecular weight excluding hydrogens is 162 g/mol. The van der Waals surface area contributed by atoms with Gasteiger partial charge in [0.05, 0.1) is 0 Å². The molecule has 0 saturated carbocycles. The predicted octanol–water partition coefficient (Wildman–Crippen LogP) is 2.43. The van der Waals surface area contributed by atoms with E-state index in [1.807, 2.05) is 0 Å². The van der Waals surface area contributed by atoms with Gasteiger partial charge in [-0.15, -0.1) is 0 Å². The molecule has 0 N–H and O–H groups in total. The van der Waals surface area contributed by atoms with Crippen LogP contribution in [0.25, 0.3) is 0 Å². The lowest BCUT2D eigenvalue weighted by molar-refractivity contribution is -0.134. The summed E-state index contributed by atoms with van der Waals surface area (Å²) < 4.78 is 23.8. The molecule has 4 heteroatoms. The molecule has 0 aromatic heterocycles. The first-order chi connectivity index (χ1) is 4.34. The minimum atomic E-state index is -3.68. The number of Topliss-reactive ketones (excluding diaryl/α,β-unsaturated/α-hetero) is 1. The maximum Gasteiger partial charge on any atom is 0.380 e. The van der Waals surface area contributed by atoms with Crippen molar-refractivity contribution in [2.45, 2.75) is 25.7 Å². The van der Waals surface area contributed by atoms with Crippen molar-refractivity contribution in [1.82, 2.24) is 0 Å². The second-order valence-electron chi connectivity index (χ2n) is 2.52. The van der Waals surface area contributed by atoms with Gasteiger partial charge in [0.15, 0.2) is 0 Å². The van der Waals surface area contributed by atoms with Crippen LogP contribution in [0, 0.1) is 5.92 Å². The fourth-order valence-electron chi connectivity index (χ4n) is 0.487. The van der Waals surface area contributed by atoms with E-state index in [0.29, 0.717) is 0 Å². The highest BCUT2D eigenvalue weighted by Crippen LogP contribution is 2.23. The second kappa shape index (κ2) is 3.28. The number of hydrogen-bond acceptors (Lipinski definition) is 1. The molecule has 0 aliphatic rings. The molecule has 0 heterocycles. The van der Waals surface area contributed by atoms with E-state index in [1.165, 1.54) is 0 Å². The summed E-state index contributed by atoms with van der Waals surface area (Å²) in [5.41, 5.74) is 0. The van der Waals surface area contributed by atoms with E-state index < -0.39 is 11.2 Å². The molecule has 0 aromatic rings. The number of rotatable bonds is 3. The molecule has 0 amide bonds. The van der Waals surface area contributed by atoms with Crippen molar-refractivity contribution in [2.24, 2.45) is 5.92 Å². The molecule has 0 bridgehead atoms. The zero-order valence-corrected chi connectivity index (χ0v) is 6.58. The van der Waals surface area contributed by atoms with Crippen LogP contribution >= 0.6 is 11.6 Å². The third kappa shape index (κ3) is 3.77. The van der Waals surface area contributed by atoms with Crippen LogP contribution in [0.15, 0.2) is 0 Å². The Labute approximate surface area is 63.4 Å². The van der Waals surface area contributed by atoms with Crippen LogP contribution < -0.4 is 0 Å². The third-order valence-electron chi connectivity index (χ3n) is 0.910. The highest BCUT2D eigenvalue weighted by Gasteiger charge is 2.34. The highest BCUT2D eigenvalue weighted by atomic mass is 35.5. The fourth-order valence-corrected chi connectivity index (χ4v) is 0.564. The number of alkyl halides is 3. The lowest BCUT2D eigenvalue weighted by Crippen LogP contribution is -2.22. The minimum Gasteiger partial charge on any atom is -0.291 e. The van der Waals surface area contributed by atoms with E-state index in [0.717, 1.165) is 0 Å². The predicted molar refractivity (Wildman–Crippen MR) is 35.3 cm³/mol. The molecule has 0 atom stereocenters. The number of carbonyl (C=O) groups excluding carboxylic acids is 1. The van der Waals surface area contributed by atoms with Gasteiger partial charge in [-0.2, -0.15) is 8.78 Å². The van der Waals surface area contributed by atoms with Crippen LogP contribution in [0.2, 0.25) is 0 Å². The van der Waals surface area contributed by atoms with Gasteiger partial charge >= 0.3 is 5.38 Å². The van der Waals surface area contributed by atoms with E-state index in [2.05, 4.69) is 11.6 Å². The summed E-state index contributed by atoms with van der Waals surface area (Å²) in [4.78, 5) is 10.4. The molecule has 0 saturated heterocycles. The zero-order valence-electron chi connectivity index (χ0n) is 5.83. The topological polar surface area (TPSA) is 17.1 Å². The Kier molecular flexibility index (Phi) is 3.22. The van der Waals surface area contributed by atoms with Gasteiger partial charge < -0.3 is 0 Å². The van der Waals surface area contributed by atoms with Crippen molar-refractivity contribution >= 4 is 17.4 Å². The molecule has 0 aromatic carbocycles. The molecule has 0 spiro atoms. The van der Waals surface area contributed by atoms with Crippen molar-refractivity contribution < 1.29 is 13.6 Å². The summed E-state index contributed by atoms with van der Waals surface area (Å²) in [6, 6.07) is 0. The van der Waals surface area contributed by atoms with E-state index in [1.54, 1.807) is 13.8 Å². The molecule has 0 unspecified atom stereocenters. The second-order valence-corrected chi connectivity index (χ2v) is 2.99. The van der Waals surface area contributed by atoms with E-state index in [4.69, 9.17) is 0 Å². The first-order valence-electron chi connectivity index (χ1n) is 2.94. The molecule has 60 valence electrons. The Morgan fingerprint density at radius 3 is 2.10 bits per heavy atom. The Hall–Kier alpha value is -0.180. The molecule has 0 fully saturated rings. The van der Waals surface area contributed by atoms with Gasteiger partial charge in [0, 0.05) is 6.42 Å². The summed E-state index contributed by atoms with van der Waals surface area (Å²) >= 11 is 4.44. The Balaban J connectivity index is 3.87. The Bertz CT molecular complexity index is 128. The van der Waals surface area contributed by atoms with Crippen LogP contribution in [-0.4, -0.2) is 11.2 Å². The van der Waals surface area contributed by atoms with Gasteiger partial charge in [-0.3, -0.25) is 4.79 Å². The van der Waals surface area contributed by atoms with Crippen molar-refractivity contribution in [1.29, 1.82) is 0 Å². The van der Waals surface area contributed by atoms with E-state index in [9.17, 15) is 13.6 Å². The fraction of sp³-hybridized carbons (Fsp3) is 0.833. The van der Waals surface area contributed by atoms with Gasteiger partial charge in [0.2, 0.25) is 5.78 Å². The Morgan fingerprint density at radius 2 is 2.00 bits per heavy atom. The summed E-state index contributed by atoms with van der Waals surface area (Å²) in [6.07, 6.45) is -0.170. The maximum atomic E-state index is 11.9. The monoisotopic (exact) mass is 170 g/mol. The lowest BCUT2D eigenvalue weighted by Gasteiger charge is -2.07. The number of ketones is 1. The number of carbonyl (C=O) groups is 1. The standard InChI is InChI=1S/C6H9ClF2O/c1-4(2)3-5(10)6(7,8)9/h4H,3H2,1-2H3. The maximum absolute atomic E-state index is 11.9. The van der Waals surface area contributed by atoms with Crippen LogP contribution in [0.4, 0.5) is 8.78 Å². The average Bonchev–Trinajstić information content (AvgIpc) is 1.60. The Morgan fingerprint density at radius 1 is 1.60 bits per heavy atom. The molecule has 1 nitrogen and oxygen atoms in total. The smallest absolute Gasteiger partial charge is 0.291 e. The molecule has 0 aliphatic heterocycles. The van der Waals surface area contributed by atoms with Crippen LogP contribution in [0.3, 0.4) is 0 Å². The first kappa shape index (κ1) is 9.82. The molecule has 0 radical (unpaired) electrons. The van der Waals surface area contributed by atoms with Crippen molar-refractivity contribution in [3.63, 3.8) is 0 Å². The minimum absolute atomic E-state index is 0.0721. The van der Waals surface area contributed by atoms with Gasteiger partial charge in [-0.1, -0.05) is 13.8 Å². The van der Waals surface area contributed by atoms with Crippen LogP contribution in [0.5, 0.6) is 0 Å². The lowest BCUT2D eigenvalue weighted by atomic mass is 10.1. The number of hydrogen-bond donors (Lipinski definition) is 0. The number of halogens is 3. The van der Waals surface area contributed by atoms with Gasteiger partial charge in [-0.05, 0) is 17.5 Å². The summed E-state index contributed by atoms with van der Waals surface area (Å²) in [7, 11) is 0. The summed E-state index contributed by atoms with van der Waals surface area (Å²) in [6.45, 7) is 3.36. The van der Waals surface area contributed by atoms with Crippen LogP contribution in [0.1, 0.15) is 20.3 Å². The summed E-state index contributed by atoms with van der Waals surface area (Å²) in [5, 5.41) is -3.68. The molecule has 10 heavy (non-hydrogen) atoms. The third-order valence-corrected chi connectivity index (χ3v) is 1.12. The van der Waals surface area contributed by atoms with Crippen molar-refractivity contribution in [3.8, 4) is 0 Å². The van der Waals surface area contributed by atoms with E-state index >= 15 is 0 Å². The van der Waals surface area contributed by atoms with Crippen molar-refractivity contribution in [2.75, 3.05) is 0 Å². The van der Waals surface area contributed by atoms with Crippen molar-refractivity contribution in [3.05, 3.63) is 0 Å². The molecular formula is C6H9ClF2O. The van der Waals surface area contributed by atoms with Crippen LogP contribution in [-0.2, 0) is 4.79 Å². The zero-order chi connectivity index (χ0) is 8.36. The van der Waals surface area contributed by atoms with Gasteiger partial charge in [0.1, 0.15) is 0 Å².